The van der Waals surface area contributed by atoms with Crippen LogP contribution in [0.25, 0.3) is 0 Å². The minimum Gasteiger partial charge on any atom is -0.384 e. The zero-order valence-electron chi connectivity index (χ0n) is 6.63. The Bertz CT molecular complexity index is 62.0. The fraction of sp³-hybridized carbons (Fsp3) is 1.00. The van der Waals surface area contributed by atoms with E-state index in [0.29, 0.717) is 13.2 Å². The second-order valence-corrected chi connectivity index (χ2v) is 2.03. The highest BCUT2D eigenvalue weighted by Gasteiger charge is 2.15. The van der Waals surface area contributed by atoms with Crippen LogP contribution in [0, 0.1) is 0 Å². The van der Waals surface area contributed by atoms with Gasteiger partial charge >= 0.3 is 7.32 Å². The molecule has 3 nitrogen and oxygen atoms in total. The van der Waals surface area contributed by atoms with E-state index in [1.807, 2.05) is 13.8 Å². The molecule has 0 heterocycles. The highest BCUT2D eigenvalue weighted by molar-refractivity contribution is 6.34. The Morgan fingerprint density at radius 3 is 1.80 bits per heavy atom. The fourth-order valence-electron chi connectivity index (χ4n) is 0.476. The van der Waals surface area contributed by atoms with Crippen LogP contribution in [0.5, 0.6) is 0 Å². The van der Waals surface area contributed by atoms with Crippen molar-refractivity contribution in [3.05, 3.63) is 0 Å². The summed E-state index contributed by atoms with van der Waals surface area (Å²) in [7, 11) is -1.28. The van der Waals surface area contributed by atoms with E-state index in [9.17, 15) is 5.02 Å². The van der Waals surface area contributed by atoms with Gasteiger partial charge in [0.15, 0.2) is 0 Å². The van der Waals surface area contributed by atoms with Crippen LogP contribution in [0.4, 0.5) is 0 Å². The molecule has 0 N–H and O–H groups in total. The lowest BCUT2D eigenvalue weighted by atomic mass is 10.2. The Morgan fingerprint density at radius 2 is 1.50 bits per heavy atom. The largest absolute Gasteiger partial charge is 0.666 e. The molecule has 10 heavy (non-hydrogen) atoms. The molecule has 0 rings (SSSR count). The van der Waals surface area contributed by atoms with Crippen LogP contribution >= 0.6 is 0 Å². The minimum absolute atomic E-state index is 0.484. The summed E-state index contributed by atoms with van der Waals surface area (Å²) < 4.78 is 9.43. The summed E-state index contributed by atoms with van der Waals surface area (Å²) in [6, 6.07) is 0. The molecule has 0 aromatic rings. The lowest BCUT2D eigenvalue weighted by Gasteiger charge is -2.03. The van der Waals surface area contributed by atoms with Gasteiger partial charge in [0.25, 0.3) is 0 Å². The van der Waals surface area contributed by atoms with Gasteiger partial charge in [0.1, 0.15) is 0 Å². The molecule has 4 heteroatoms. The molecule has 0 spiro atoms. The van der Waals surface area contributed by atoms with Crippen molar-refractivity contribution < 1.29 is 14.3 Å². The van der Waals surface area contributed by atoms with Gasteiger partial charge in [0.2, 0.25) is 0 Å². The van der Waals surface area contributed by atoms with Gasteiger partial charge in [-0.25, -0.2) is 5.02 Å². The molecule has 0 atom stereocenters. The van der Waals surface area contributed by atoms with E-state index in [-0.39, 0.29) is 0 Å². The van der Waals surface area contributed by atoms with E-state index in [4.69, 9.17) is 9.31 Å². The molecule has 0 saturated heterocycles. The van der Waals surface area contributed by atoms with Crippen molar-refractivity contribution in [2.45, 2.75) is 26.7 Å². The molecule has 0 aromatic carbocycles. The van der Waals surface area contributed by atoms with Crippen LogP contribution in [0.1, 0.15) is 26.7 Å². The highest BCUT2D eigenvalue weighted by Crippen LogP contribution is 1.89. The van der Waals surface area contributed by atoms with E-state index in [1.54, 1.807) is 0 Å². The van der Waals surface area contributed by atoms with Crippen molar-refractivity contribution in [1.82, 2.24) is 0 Å². The van der Waals surface area contributed by atoms with E-state index < -0.39 is 7.32 Å². The highest BCUT2D eigenvalue weighted by atomic mass is 16.7. The SMILES string of the molecule is CCCOB([O])OCCC. The second kappa shape index (κ2) is 7.06. The maximum atomic E-state index is 10.6. The van der Waals surface area contributed by atoms with Crippen LogP contribution in [0.15, 0.2) is 0 Å². The Balaban J connectivity index is 3.00. The lowest BCUT2D eigenvalue weighted by molar-refractivity contribution is 0.109. The zero-order chi connectivity index (χ0) is 7.82. The molecule has 0 aliphatic heterocycles. The summed E-state index contributed by atoms with van der Waals surface area (Å²) in [5.74, 6) is 0. The first kappa shape index (κ1) is 9.94. The van der Waals surface area contributed by atoms with Crippen molar-refractivity contribution in [2.24, 2.45) is 0 Å². The summed E-state index contributed by atoms with van der Waals surface area (Å²) in [5.41, 5.74) is 0. The predicted octanol–water partition coefficient (Wildman–Crippen LogP) is 1.25. The van der Waals surface area contributed by atoms with Gasteiger partial charge in [0, 0.05) is 13.2 Å². The molecular formula is C6H14BO3. The molecule has 0 aliphatic rings. The minimum atomic E-state index is -1.28. The van der Waals surface area contributed by atoms with Gasteiger partial charge in [-0.2, -0.15) is 0 Å². The standard InChI is InChI=1S/C6H14BO3/c1-3-5-9-7(8)10-6-4-2/h3-6H2,1-2H3. The first-order valence-corrected chi connectivity index (χ1v) is 3.70. The van der Waals surface area contributed by atoms with Crippen LogP contribution < -0.4 is 0 Å². The Labute approximate surface area is 62.5 Å². The topological polar surface area (TPSA) is 38.4 Å². The molecule has 0 bridgehead atoms. The summed E-state index contributed by atoms with van der Waals surface area (Å²) in [6.45, 7) is 4.87. The maximum absolute atomic E-state index is 10.6. The second-order valence-electron chi connectivity index (χ2n) is 2.03. The molecule has 0 amide bonds. The van der Waals surface area contributed by atoms with Crippen LogP contribution in [0.2, 0.25) is 0 Å². The maximum Gasteiger partial charge on any atom is 0.666 e. The average molecular weight is 145 g/mol. The van der Waals surface area contributed by atoms with Crippen LogP contribution in [0.3, 0.4) is 0 Å². The van der Waals surface area contributed by atoms with Gasteiger partial charge < -0.3 is 9.31 Å². The van der Waals surface area contributed by atoms with Crippen LogP contribution in [-0.4, -0.2) is 20.5 Å². The molecular weight excluding hydrogens is 131 g/mol. The van der Waals surface area contributed by atoms with E-state index in [1.165, 1.54) is 0 Å². The fourth-order valence-corrected chi connectivity index (χ4v) is 0.476. The molecule has 0 aliphatic carbocycles. The zero-order valence-corrected chi connectivity index (χ0v) is 6.63. The van der Waals surface area contributed by atoms with Gasteiger partial charge in [-0.05, 0) is 12.8 Å². The summed E-state index contributed by atoms with van der Waals surface area (Å²) in [6.07, 6.45) is 1.71. The summed E-state index contributed by atoms with van der Waals surface area (Å²) in [4.78, 5) is 0. The number of hydrogen-bond donors (Lipinski definition) is 0. The van der Waals surface area contributed by atoms with E-state index in [2.05, 4.69) is 0 Å². The quantitative estimate of drug-likeness (QED) is 0.527. The third kappa shape index (κ3) is 6.07. The number of rotatable bonds is 6. The van der Waals surface area contributed by atoms with Gasteiger partial charge in [-0.3, -0.25) is 0 Å². The normalized spacial score (nSPS) is 9.90. The Kier molecular flexibility index (Phi) is 7.02. The van der Waals surface area contributed by atoms with Gasteiger partial charge in [-0.15, -0.1) is 0 Å². The molecule has 0 unspecified atom stereocenters. The molecule has 0 saturated carbocycles. The van der Waals surface area contributed by atoms with Gasteiger partial charge in [0.05, 0.1) is 0 Å². The molecule has 59 valence electrons. The lowest BCUT2D eigenvalue weighted by Crippen LogP contribution is -2.21. The van der Waals surface area contributed by atoms with E-state index >= 15 is 0 Å². The van der Waals surface area contributed by atoms with Crippen molar-refractivity contribution in [2.75, 3.05) is 13.2 Å². The average Bonchev–Trinajstić information content (AvgIpc) is 1.97. The Morgan fingerprint density at radius 1 is 1.10 bits per heavy atom. The summed E-state index contributed by atoms with van der Waals surface area (Å²) >= 11 is 0. The molecule has 0 aromatic heterocycles. The molecule has 1 radical (unpaired) electrons. The van der Waals surface area contributed by atoms with Crippen LogP contribution in [-0.2, 0) is 14.3 Å². The first-order valence-electron chi connectivity index (χ1n) is 3.70. The third-order valence-electron chi connectivity index (χ3n) is 0.916. The Hall–Kier alpha value is -0.0551. The molecule has 0 fully saturated rings. The van der Waals surface area contributed by atoms with Crippen molar-refractivity contribution >= 4 is 7.32 Å². The van der Waals surface area contributed by atoms with Crippen molar-refractivity contribution in [3.8, 4) is 0 Å². The van der Waals surface area contributed by atoms with Gasteiger partial charge in [-0.1, -0.05) is 13.8 Å². The van der Waals surface area contributed by atoms with Crippen molar-refractivity contribution in [3.63, 3.8) is 0 Å². The summed E-state index contributed by atoms with van der Waals surface area (Å²) in [5, 5.41) is 10.6. The first-order chi connectivity index (χ1) is 4.81. The van der Waals surface area contributed by atoms with Crippen molar-refractivity contribution in [1.29, 1.82) is 0 Å². The third-order valence-corrected chi connectivity index (χ3v) is 0.916. The predicted molar refractivity (Wildman–Crippen MR) is 38.9 cm³/mol. The smallest absolute Gasteiger partial charge is 0.384 e. The monoisotopic (exact) mass is 145 g/mol. The van der Waals surface area contributed by atoms with E-state index in [0.717, 1.165) is 12.8 Å². The number of hydrogen-bond acceptors (Lipinski definition) is 2.